The molecule has 0 atom stereocenters. The Bertz CT molecular complexity index is 2690. The Balaban J connectivity index is 0.00000544. The summed E-state index contributed by atoms with van der Waals surface area (Å²) in [4.78, 5) is 2.82. The number of unbranched alkanes of at least 4 members (excludes halogenated alkanes) is 2. The van der Waals surface area contributed by atoms with E-state index in [-0.39, 0.29) is 143 Å². The van der Waals surface area contributed by atoms with Crippen molar-refractivity contribution in [2.24, 2.45) is 0 Å². The molecular weight excluding hydrogens is 1020 g/mol. The monoisotopic (exact) mass is 1070 g/mol. The molecule has 2 heterocycles. The van der Waals surface area contributed by atoms with E-state index in [0.29, 0.717) is 54.1 Å². The molecule has 27 heteroatoms. The average molecular weight is 1070 g/mol. The first-order valence-corrected chi connectivity index (χ1v) is 27.2. The van der Waals surface area contributed by atoms with Crippen molar-refractivity contribution >= 4 is 81.4 Å². The molecule has 0 unspecified atom stereocenters. The molecule has 0 saturated heterocycles. The van der Waals surface area contributed by atoms with Gasteiger partial charge in [0.2, 0.25) is 5.69 Å². The molecule has 0 aromatic heterocycles. The second-order valence-electron chi connectivity index (χ2n) is 16.0. The molecule has 2 aliphatic heterocycles. The fourth-order valence-corrected chi connectivity index (χ4v) is 12.0. The summed E-state index contributed by atoms with van der Waals surface area (Å²) in [5.41, 5.74) is 4.58. The van der Waals surface area contributed by atoms with E-state index in [2.05, 4.69) is 9.37 Å². The van der Waals surface area contributed by atoms with Crippen LogP contribution in [0.15, 0.2) is 92.2 Å². The molecule has 2 aromatic rings. The third-order valence-corrected chi connectivity index (χ3v) is 16.1. The molecule has 0 spiro atoms. The van der Waals surface area contributed by atoms with Gasteiger partial charge in [-0.25, -0.2) is 25.3 Å². The molecule has 3 aliphatic rings. The first-order valence-electron chi connectivity index (χ1n) is 19.3. The average Bonchev–Trinajstić information content (AvgIpc) is 3.71. The molecule has 1 aliphatic carbocycles. The van der Waals surface area contributed by atoms with Gasteiger partial charge in [0.25, 0.3) is 10.1 Å². The Morgan fingerprint density at radius 3 is 2.03 bits per heavy atom. The predicted octanol–water partition coefficient (Wildman–Crippen LogP) is -7.30. The molecule has 0 saturated carbocycles. The van der Waals surface area contributed by atoms with Crippen LogP contribution in [0.5, 0.6) is 0 Å². The minimum absolute atomic E-state index is 0. The Labute approximate surface area is 485 Å². The molecule has 5 rings (SSSR count). The van der Waals surface area contributed by atoms with Crippen molar-refractivity contribution in [2.45, 2.75) is 86.8 Å². The van der Waals surface area contributed by atoms with Gasteiger partial charge >= 0.3 is 118 Å². The molecule has 342 valence electrons. The van der Waals surface area contributed by atoms with Gasteiger partial charge in [-0.3, -0.25) is 9.59 Å². The van der Waals surface area contributed by atoms with Crippen LogP contribution < -0.4 is 128 Å². The zero-order valence-corrected chi connectivity index (χ0v) is 51.2. The molecule has 1 N–H and O–H groups in total. The summed E-state index contributed by atoms with van der Waals surface area (Å²) in [7, 11) is -18.0. The Morgan fingerprint density at radius 2 is 1.42 bits per heavy atom. The third-order valence-electron chi connectivity index (χ3n) is 10.9. The number of allylic oxidation sites excluding steroid dienone is 7. The number of thioether (sulfide) groups is 1. The van der Waals surface area contributed by atoms with E-state index in [9.17, 15) is 57.1 Å². The summed E-state index contributed by atoms with van der Waals surface area (Å²) in [5, 5.41) is 14.1. The minimum Gasteiger partial charge on any atom is -0.748 e. The Morgan fingerprint density at radius 1 is 0.773 bits per heavy atom. The number of benzene rings is 2. The van der Waals surface area contributed by atoms with Crippen LogP contribution in [0.2, 0.25) is 0 Å². The van der Waals surface area contributed by atoms with Crippen LogP contribution in [-0.4, -0.2) is 98.3 Å². The van der Waals surface area contributed by atoms with Gasteiger partial charge in [-0.05, 0) is 99.1 Å². The zero-order valence-electron chi connectivity index (χ0n) is 38.3. The number of anilines is 1. The molecule has 0 radical (unpaired) electrons. The number of nitrogens with zero attached hydrogens (tertiary/aromatic N) is 2. The van der Waals surface area contributed by atoms with Crippen molar-refractivity contribution in [3.63, 3.8) is 0 Å². The van der Waals surface area contributed by atoms with Crippen molar-refractivity contribution in [1.29, 1.82) is 0 Å². The standard InChI is InChI=1S/C39H50N2O15S6.4Na/c1-38(2)31-25-29(58-56-55-42)13-15-33(31)40(19-5-7-22-59(43,44)45)35(38)17-11-27-9-10-28(37(27)57-21-24-61(49,50)51)12-18-36-39(3,4)32-26-30(62(52,53)54)14-16-34(32)41(36)20-6-8-23-60(46,47)48;;;;/h11-18,25-26H,5-10,19-24H2,1-4H3,(H4-,42,43,44,45,46,47,48,49,50,51,52,53,54);;;;/q;4*+1/p-3. The number of hydrogen-bond donors (Lipinski definition) is 1. The summed E-state index contributed by atoms with van der Waals surface area (Å²) >= 11 is 1.95. The third kappa shape index (κ3) is 17.6. The smallest absolute Gasteiger partial charge is 0.748 e. The second kappa shape index (κ2) is 26.9. The van der Waals surface area contributed by atoms with Crippen molar-refractivity contribution in [1.82, 2.24) is 0 Å². The maximum absolute atomic E-state index is 12.0. The zero-order chi connectivity index (χ0) is 45.9. The number of rotatable bonds is 21. The Kier molecular flexibility index (Phi) is 26.5. The van der Waals surface area contributed by atoms with Crippen molar-refractivity contribution in [2.75, 3.05) is 41.0 Å². The summed E-state index contributed by atoms with van der Waals surface area (Å²) in [6.45, 7) is 8.36. The summed E-state index contributed by atoms with van der Waals surface area (Å²) in [5.74, 6) is -1.62. The fraction of sp³-hybridized carbons (Fsp3) is 0.462. The fourth-order valence-electron chi connectivity index (χ4n) is 7.97. The van der Waals surface area contributed by atoms with Gasteiger partial charge in [-0.1, -0.05) is 26.0 Å². The van der Waals surface area contributed by atoms with Gasteiger partial charge in [0, 0.05) is 74.5 Å². The van der Waals surface area contributed by atoms with E-state index in [0.717, 1.165) is 45.1 Å². The number of fused-ring (bicyclic) bond motifs is 2. The summed E-state index contributed by atoms with van der Waals surface area (Å²) in [6, 6.07) is 9.52. The number of hydrogen-bond acceptors (Lipinski definition) is 17. The molecule has 2 aromatic carbocycles. The van der Waals surface area contributed by atoms with Crippen LogP contribution in [-0.2, 0) is 60.7 Å². The molecule has 66 heavy (non-hydrogen) atoms. The summed E-state index contributed by atoms with van der Waals surface area (Å²) < 4.78 is 144. The molecular formula is C39H47N2Na4O15S6+. The maximum atomic E-state index is 12.0. The quantitative estimate of drug-likeness (QED) is 0.0231. The van der Waals surface area contributed by atoms with Gasteiger partial charge in [-0.2, -0.15) is 17.3 Å². The van der Waals surface area contributed by atoms with Crippen molar-refractivity contribution < 1.29 is 189 Å². The summed E-state index contributed by atoms with van der Waals surface area (Å²) in [6.07, 6.45) is 9.62. The van der Waals surface area contributed by atoms with Crippen LogP contribution in [0.4, 0.5) is 11.4 Å². The molecule has 0 amide bonds. The second-order valence-corrected chi connectivity index (χ2v) is 23.9. The van der Waals surface area contributed by atoms with E-state index in [4.69, 9.17) is 0 Å². The van der Waals surface area contributed by atoms with Gasteiger partial charge in [-0.15, -0.1) is 11.8 Å². The molecule has 0 bridgehead atoms. The molecule has 0 fully saturated rings. The largest absolute Gasteiger partial charge is 1.00 e. The van der Waals surface area contributed by atoms with Crippen LogP contribution in [0, 0.1) is 0 Å². The van der Waals surface area contributed by atoms with Gasteiger partial charge in [0.05, 0.1) is 48.3 Å². The maximum Gasteiger partial charge on any atom is 1.00 e. The van der Waals surface area contributed by atoms with Crippen LogP contribution in [0.25, 0.3) is 0 Å². The van der Waals surface area contributed by atoms with Crippen LogP contribution >= 0.6 is 23.8 Å². The van der Waals surface area contributed by atoms with E-state index < -0.39 is 73.5 Å². The topological polar surface area (TPSA) is 274 Å². The van der Waals surface area contributed by atoms with Gasteiger partial charge < -0.3 is 23.8 Å². The van der Waals surface area contributed by atoms with E-state index in [1.54, 1.807) is 6.07 Å². The normalized spacial score (nSPS) is 18.0. The first-order chi connectivity index (χ1) is 28.7. The minimum atomic E-state index is -4.80. The van der Waals surface area contributed by atoms with E-state index in [1.165, 1.54) is 30.0 Å². The van der Waals surface area contributed by atoms with Crippen LogP contribution in [0.3, 0.4) is 0 Å². The van der Waals surface area contributed by atoms with E-state index in [1.807, 2.05) is 73.6 Å². The van der Waals surface area contributed by atoms with Gasteiger partial charge in [0.15, 0.2) is 5.71 Å². The molecule has 17 nitrogen and oxygen atoms in total. The SMILES string of the molecule is CC1(C)C(C=CC2=C(SCCS(=O)(=O)[O-])C(=C/C=C3/N(CCCCS(=O)(=O)[O-])c4ccc(S(=O)(=O)[O-])cc4C3(C)C)CC2)=[N+](CCCCS(=O)(=O)O)c2ccc(SOO[O-])cc21.[Na+].[Na+].[Na+].[Na+]. The van der Waals surface area contributed by atoms with E-state index >= 15 is 0 Å². The first kappa shape index (κ1) is 65.1. The van der Waals surface area contributed by atoms with Gasteiger partial charge in [0.1, 0.15) is 16.7 Å². The Hall–Kier alpha value is 1.09. The van der Waals surface area contributed by atoms with Crippen molar-refractivity contribution in [3.05, 3.63) is 93.6 Å². The van der Waals surface area contributed by atoms with Crippen LogP contribution in [0.1, 0.15) is 77.3 Å². The van der Waals surface area contributed by atoms with Crippen molar-refractivity contribution in [3.8, 4) is 0 Å². The predicted molar refractivity (Wildman–Crippen MR) is 230 cm³/mol.